The summed E-state index contributed by atoms with van der Waals surface area (Å²) in [5.41, 5.74) is -3.17. The normalized spacial score (nSPS) is 14.9. The zero-order valence-corrected chi connectivity index (χ0v) is 9.22. The predicted octanol–water partition coefficient (Wildman–Crippen LogP) is 1.18. The molecule has 0 aromatic rings. The van der Waals surface area contributed by atoms with E-state index < -0.39 is 16.5 Å². The summed E-state index contributed by atoms with van der Waals surface area (Å²) in [6, 6.07) is 0. The number of hydrogen-bond donors (Lipinski definition) is 2. The Bertz CT molecular complexity index is 147. The second kappa shape index (κ2) is 5.51. The van der Waals surface area contributed by atoms with Crippen LogP contribution >= 0.6 is 5.69 Å². The molecule has 3 nitrogen and oxygen atoms in total. The lowest BCUT2D eigenvalue weighted by Crippen LogP contribution is -2.09. The van der Waals surface area contributed by atoms with Gasteiger partial charge in [0.05, 0.1) is 0 Å². The van der Waals surface area contributed by atoms with E-state index in [2.05, 4.69) is 11.8 Å². The van der Waals surface area contributed by atoms with Gasteiger partial charge in [0.2, 0.25) is 10.8 Å². The van der Waals surface area contributed by atoms with Gasteiger partial charge in [-0.25, -0.2) is 0 Å². The summed E-state index contributed by atoms with van der Waals surface area (Å²) in [7, 11) is -0.812. The van der Waals surface area contributed by atoms with E-state index in [1.165, 1.54) is 0 Å². The highest BCUT2D eigenvalue weighted by atomic mass is 33.0. The maximum absolute atomic E-state index is 9.07. The molecule has 0 aliphatic rings. The summed E-state index contributed by atoms with van der Waals surface area (Å²) in [5.74, 6) is 0.588. The summed E-state index contributed by atoms with van der Waals surface area (Å²) in [4.78, 5) is 18.1. The molecule has 0 rings (SSSR count). The number of rotatable bonds is 5. The predicted molar refractivity (Wildman–Crippen MR) is 52.9 cm³/mol. The molecule has 68 valence electrons. The van der Waals surface area contributed by atoms with Crippen molar-refractivity contribution in [1.29, 1.82) is 0 Å². The molecule has 0 spiro atoms. The third kappa shape index (κ3) is 5.17. The quantitative estimate of drug-likeness (QED) is 0.536. The van der Waals surface area contributed by atoms with Gasteiger partial charge < -0.3 is 9.79 Å². The average molecular weight is 217 g/mol. The Balaban J connectivity index is 3.86. The van der Waals surface area contributed by atoms with E-state index in [0.717, 1.165) is 6.42 Å². The molecule has 0 radical (unpaired) electrons. The van der Waals surface area contributed by atoms with Crippen LogP contribution in [0.5, 0.6) is 0 Å². The summed E-state index contributed by atoms with van der Waals surface area (Å²) in [6.45, 7) is 4.36. The zero-order valence-electron chi connectivity index (χ0n) is 6.69. The maximum atomic E-state index is 9.07. The molecule has 11 heavy (non-hydrogen) atoms. The Morgan fingerprint density at radius 2 is 2.00 bits per heavy atom. The fraction of sp³-hybridized carbons (Fsp3) is 1.00. The molecule has 0 bridgehead atoms. The first kappa shape index (κ1) is 11.9. The first-order chi connectivity index (χ1) is 5.02. The minimum absolute atomic E-state index is 0.552. The number of hydrogen-bond acceptors (Lipinski definition) is 2. The Labute approximate surface area is 75.2 Å². The Kier molecular flexibility index (Phi) is 5.95. The zero-order chi connectivity index (χ0) is 8.91. The maximum Gasteiger partial charge on any atom is 0.428 e. The lowest BCUT2D eigenvalue weighted by Gasteiger charge is -2.06. The smallest absolute Gasteiger partial charge is 0.305 e. The van der Waals surface area contributed by atoms with Gasteiger partial charge in [-0.1, -0.05) is 6.92 Å². The summed E-state index contributed by atoms with van der Waals surface area (Å²) >= 11 is 4.53. The molecular formula is C5H14O3PS2+. The molecule has 0 amide bonds. The summed E-state index contributed by atoms with van der Waals surface area (Å²) in [6.07, 6.45) is 0.874. The van der Waals surface area contributed by atoms with Crippen LogP contribution in [0.15, 0.2) is 0 Å². The topological polar surface area (TPSA) is 49.7 Å². The van der Waals surface area contributed by atoms with Crippen molar-refractivity contribution in [2.75, 3.05) is 12.4 Å². The second-order valence-electron chi connectivity index (χ2n) is 1.92. The van der Waals surface area contributed by atoms with Gasteiger partial charge in [0, 0.05) is 11.8 Å². The van der Waals surface area contributed by atoms with Crippen molar-refractivity contribution in [1.82, 2.24) is 0 Å². The van der Waals surface area contributed by atoms with Crippen LogP contribution in [0.3, 0.4) is 0 Å². The fourth-order valence-electron chi connectivity index (χ4n) is 0.500. The van der Waals surface area contributed by atoms with Gasteiger partial charge in [0.1, 0.15) is 12.4 Å². The first-order valence-corrected chi connectivity index (χ1v) is 8.06. The molecule has 0 saturated heterocycles. The molecule has 0 saturated carbocycles. The van der Waals surface area contributed by atoms with Crippen LogP contribution in [0.2, 0.25) is 0 Å². The van der Waals surface area contributed by atoms with Crippen molar-refractivity contribution in [2.24, 2.45) is 0 Å². The Morgan fingerprint density at radius 1 is 1.45 bits per heavy atom. The molecule has 0 aromatic carbocycles. The highest BCUT2D eigenvalue weighted by molar-refractivity contribution is 8.63. The van der Waals surface area contributed by atoms with Crippen molar-refractivity contribution < 1.29 is 14.0 Å². The summed E-state index contributed by atoms with van der Waals surface area (Å²) in [5, 5.41) is 0. The molecule has 0 aliphatic heterocycles. The minimum Gasteiger partial charge on any atom is -0.305 e. The van der Waals surface area contributed by atoms with Gasteiger partial charge in [-0.05, 0) is 13.3 Å². The van der Waals surface area contributed by atoms with Gasteiger partial charge in [-0.15, -0.1) is 0 Å². The van der Waals surface area contributed by atoms with Crippen molar-refractivity contribution in [3.05, 3.63) is 0 Å². The van der Waals surface area contributed by atoms with Crippen molar-refractivity contribution >= 4 is 28.3 Å². The van der Waals surface area contributed by atoms with Crippen LogP contribution in [0.1, 0.15) is 20.3 Å². The van der Waals surface area contributed by atoms with E-state index in [0.29, 0.717) is 12.4 Å². The lowest BCUT2D eigenvalue weighted by atomic mass is 10.5. The van der Waals surface area contributed by atoms with Crippen LogP contribution in [-0.2, 0) is 26.8 Å². The van der Waals surface area contributed by atoms with Crippen molar-refractivity contribution in [3.8, 4) is 0 Å². The minimum atomic E-state index is -3.17. The van der Waals surface area contributed by atoms with E-state index in [1.807, 2.05) is 13.8 Å². The molecular weight excluding hydrogens is 203 g/mol. The third-order valence-corrected chi connectivity index (χ3v) is 6.58. The molecule has 2 N–H and O–H groups in total. The lowest BCUT2D eigenvalue weighted by molar-refractivity contribution is 0.362. The Hall–Kier alpha value is 0.880. The SMILES string of the molecule is CCCO[S+](CC)P(O)(O)=S. The van der Waals surface area contributed by atoms with Crippen LogP contribution in [0.4, 0.5) is 0 Å². The van der Waals surface area contributed by atoms with E-state index in [9.17, 15) is 0 Å². The van der Waals surface area contributed by atoms with Crippen molar-refractivity contribution in [3.63, 3.8) is 0 Å². The molecule has 0 aliphatic carbocycles. The molecule has 6 heteroatoms. The van der Waals surface area contributed by atoms with E-state index >= 15 is 0 Å². The van der Waals surface area contributed by atoms with Crippen molar-refractivity contribution in [2.45, 2.75) is 20.3 Å². The van der Waals surface area contributed by atoms with Crippen LogP contribution < -0.4 is 0 Å². The van der Waals surface area contributed by atoms with Crippen LogP contribution in [0, 0.1) is 0 Å². The van der Waals surface area contributed by atoms with Gasteiger partial charge in [-0.3, -0.25) is 0 Å². The van der Waals surface area contributed by atoms with E-state index in [1.54, 1.807) is 0 Å². The molecule has 1 unspecified atom stereocenters. The van der Waals surface area contributed by atoms with E-state index in [4.69, 9.17) is 14.0 Å². The molecule has 0 heterocycles. The monoisotopic (exact) mass is 217 g/mol. The second-order valence-corrected chi connectivity index (χ2v) is 9.33. The standard InChI is InChI=1S/C5H13O3PS2/c1-3-5-8-11(4-2)9(6,7)10/h3-5H2,1-2H3,(H-,6,7,10)/p+1. The van der Waals surface area contributed by atoms with Gasteiger partial charge in [-0.2, -0.15) is 4.18 Å². The highest BCUT2D eigenvalue weighted by Gasteiger charge is 2.35. The molecule has 0 aromatic heterocycles. The molecule has 1 atom stereocenters. The van der Waals surface area contributed by atoms with E-state index in [-0.39, 0.29) is 0 Å². The Morgan fingerprint density at radius 3 is 2.27 bits per heavy atom. The largest absolute Gasteiger partial charge is 0.428 e. The fourth-order valence-corrected chi connectivity index (χ4v) is 4.48. The van der Waals surface area contributed by atoms with Gasteiger partial charge in [0.25, 0.3) is 0 Å². The summed E-state index contributed by atoms with van der Waals surface area (Å²) < 4.78 is 5.18. The highest BCUT2D eigenvalue weighted by Crippen LogP contribution is 2.46. The molecule has 0 fully saturated rings. The van der Waals surface area contributed by atoms with Crippen LogP contribution in [-0.4, -0.2) is 22.1 Å². The van der Waals surface area contributed by atoms with Gasteiger partial charge >= 0.3 is 5.69 Å². The van der Waals surface area contributed by atoms with Gasteiger partial charge in [0.15, 0.2) is 0 Å². The third-order valence-electron chi connectivity index (χ3n) is 0.936. The van der Waals surface area contributed by atoms with Crippen LogP contribution in [0.25, 0.3) is 0 Å². The average Bonchev–Trinajstić information content (AvgIpc) is 1.87. The first-order valence-electron chi connectivity index (χ1n) is 3.42.